The van der Waals surface area contributed by atoms with E-state index in [1.165, 1.54) is 9.87 Å². The maximum Gasteiger partial charge on any atom is 0.253 e. The van der Waals surface area contributed by atoms with Crippen LogP contribution in [0.15, 0.2) is 48.5 Å². The molecule has 0 atom stereocenters. The molecule has 2 aromatic rings. The minimum atomic E-state index is -3.20. The van der Waals surface area contributed by atoms with Crippen molar-refractivity contribution in [3.05, 3.63) is 65.2 Å². The molecule has 3 rings (SSSR count). The monoisotopic (exact) mass is 372 g/mol. The number of carbonyl (C=O) groups excluding carboxylic acids is 1. The molecule has 1 amide bonds. The van der Waals surface area contributed by atoms with Crippen LogP contribution in [0.4, 0.5) is 5.69 Å². The zero-order valence-electron chi connectivity index (χ0n) is 15.2. The fourth-order valence-electron chi connectivity index (χ4n) is 3.15. The van der Waals surface area contributed by atoms with Gasteiger partial charge in [0.2, 0.25) is 10.0 Å². The number of hydrogen-bond acceptors (Lipinski definition) is 3. The Morgan fingerprint density at radius 2 is 1.65 bits per heavy atom. The summed E-state index contributed by atoms with van der Waals surface area (Å²) in [5, 5.41) is 0. The van der Waals surface area contributed by atoms with Crippen molar-refractivity contribution in [2.75, 3.05) is 23.7 Å². The van der Waals surface area contributed by atoms with E-state index in [-0.39, 0.29) is 11.7 Å². The van der Waals surface area contributed by atoms with E-state index >= 15 is 0 Å². The van der Waals surface area contributed by atoms with Crippen molar-refractivity contribution >= 4 is 21.6 Å². The Labute approximate surface area is 155 Å². The third kappa shape index (κ3) is 3.90. The van der Waals surface area contributed by atoms with Crippen molar-refractivity contribution in [3.63, 3.8) is 0 Å². The number of sulfonamides is 1. The number of benzene rings is 2. The molecule has 0 radical (unpaired) electrons. The summed E-state index contributed by atoms with van der Waals surface area (Å²) in [7, 11) is -1.43. The van der Waals surface area contributed by atoms with Crippen LogP contribution in [0.5, 0.6) is 0 Å². The molecule has 1 aliphatic rings. The lowest BCUT2D eigenvalue weighted by molar-refractivity contribution is 0.0785. The summed E-state index contributed by atoms with van der Waals surface area (Å²) < 4.78 is 25.4. The van der Waals surface area contributed by atoms with Crippen molar-refractivity contribution in [3.8, 4) is 0 Å². The van der Waals surface area contributed by atoms with Gasteiger partial charge in [-0.05, 0) is 48.2 Å². The number of anilines is 1. The molecule has 138 valence electrons. The van der Waals surface area contributed by atoms with Gasteiger partial charge in [-0.15, -0.1) is 0 Å². The van der Waals surface area contributed by atoms with Gasteiger partial charge in [0.15, 0.2) is 0 Å². The topological polar surface area (TPSA) is 57.7 Å². The van der Waals surface area contributed by atoms with Gasteiger partial charge in [-0.2, -0.15) is 0 Å². The molecule has 0 N–H and O–H groups in total. The lowest BCUT2D eigenvalue weighted by Gasteiger charge is -2.19. The van der Waals surface area contributed by atoms with E-state index in [0.717, 1.165) is 12.0 Å². The normalized spacial score (nSPS) is 15.8. The fourth-order valence-corrected chi connectivity index (χ4v) is 4.71. The predicted molar refractivity (Wildman–Crippen MR) is 104 cm³/mol. The second-order valence-corrected chi connectivity index (χ2v) is 8.63. The molecular weight excluding hydrogens is 348 g/mol. The molecule has 2 aromatic carbocycles. The standard InChI is InChI=1S/C20H24N2O3S/c1-3-16-5-7-17(8-6-16)15-21(2)20(23)18-9-11-19(12-10-18)22-13-4-14-26(22,24)25/h5-12H,3-4,13-15H2,1-2H3. The van der Waals surface area contributed by atoms with Crippen LogP contribution < -0.4 is 4.31 Å². The number of rotatable bonds is 5. The van der Waals surface area contributed by atoms with Gasteiger partial charge in [0.25, 0.3) is 5.91 Å². The molecule has 0 spiro atoms. The van der Waals surface area contributed by atoms with E-state index in [4.69, 9.17) is 0 Å². The maximum absolute atomic E-state index is 12.6. The van der Waals surface area contributed by atoms with E-state index in [1.807, 2.05) is 12.1 Å². The van der Waals surface area contributed by atoms with E-state index < -0.39 is 10.0 Å². The summed E-state index contributed by atoms with van der Waals surface area (Å²) in [6.45, 7) is 3.15. The zero-order chi connectivity index (χ0) is 18.7. The van der Waals surface area contributed by atoms with Gasteiger partial charge in [-0.3, -0.25) is 9.10 Å². The van der Waals surface area contributed by atoms with Crippen LogP contribution in [0, 0.1) is 0 Å². The van der Waals surface area contributed by atoms with Crippen LogP contribution >= 0.6 is 0 Å². The van der Waals surface area contributed by atoms with Crippen molar-refractivity contribution in [1.29, 1.82) is 0 Å². The first-order valence-electron chi connectivity index (χ1n) is 8.84. The Morgan fingerprint density at radius 1 is 1.04 bits per heavy atom. The zero-order valence-corrected chi connectivity index (χ0v) is 16.0. The lowest BCUT2D eigenvalue weighted by Crippen LogP contribution is -2.27. The molecule has 1 heterocycles. The minimum absolute atomic E-state index is 0.0830. The van der Waals surface area contributed by atoms with Gasteiger partial charge in [0, 0.05) is 25.7 Å². The molecule has 6 heteroatoms. The van der Waals surface area contributed by atoms with Crippen LogP contribution in [0.25, 0.3) is 0 Å². The molecule has 0 unspecified atom stereocenters. The molecule has 0 aliphatic carbocycles. The number of hydrogen-bond donors (Lipinski definition) is 0. The highest BCUT2D eigenvalue weighted by molar-refractivity contribution is 7.93. The first-order valence-corrected chi connectivity index (χ1v) is 10.5. The van der Waals surface area contributed by atoms with Gasteiger partial charge in [0.05, 0.1) is 11.4 Å². The third-order valence-electron chi connectivity index (χ3n) is 4.70. The molecule has 5 nitrogen and oxygen atoms in total. The van der Waals surface area contributed by atoms with E-state index in [0.29, 0.717) is 30.8 Å². The summed E-state index contributed by atoms with van der Waals surface area (Å²) in [6, 6.07) is 15.1. The Hall–Kier alpha value is -2.34. The second-order valence-electron chi connectivity index (χ2n) is 6.62. The summed E-state index contributed by atoms with van der Waals surface area (Å²) in [4.78, 5) is 14.3. The van der Waals surface area contributed by atoms with Gasteiger partial charge in [-0.25, -0.2) is 8.42 Å². The van der Waals surface area contributed by atoms with E-state index in [2.05, 4.69) is 19.1 Å². The molecule has 1 fully saturated rings. The molecule has 1 saturated heterocycles. The first-order chi connectivity index (χ1) is 12.4. The number of amides is 1. The minimum Gasteiger partial charge on any atom is -0.337 e. The van der Waals surface area contributed by atoms with Crippen molar-refractivity contribution < 1.29 is 13.2 Å². The Balaban J connectivity index is 1.69. The van der Waals surface area contributed by atoms with Crippen LogP contribution in [-0.2, 0) is 23.0 Å². The average Bonchev–Trinajstić information content (AvgIpc) is 3.01. The van der Waals surface area contributed by atoms with Crippen LogP contribution in [-0.4, -0.2) is 38.6 Å². The summed E-state index contributed by atoms with van der Waals surface area (Å²) in [5.74, 6) is 0.105. The van der Waals surface area contributed by atoms with Gasteiger partial charge < -0.3 is 4.90 Å². The third-order valence-corrected chi connectivity index (χ3v) is 6.57. The van der Waals surface area contributed by atoms with Gasteiger partial charge in [0.1, 0.15) is 0 Å². The highest BCUT2D eigenvalue weighted by Crippen LogP contribution is 2.24. The van der Waals surface area contributed by atoms with Crippen molar-refractivity contribution in [1.82, 2.24) is 4.90 Å². The lowest BCUT2D eigenvalue weighted by atomic mass is 10.1. The smallest absolute Gasteiger partial charge is 0.253 e. The Morgan fingerprint density at radius 3 is 2.19 bits per heavy atom. The van der Waals surface area contributed by atoms with Crippen molar-refractivity contribution in [2.45, 2.75) is 26.3 Å². The highest BCUT2D eigenvalue weighted by atomic mass is 32.2. The summed E-state index contributed by atoms with van der Waals surface area (Å²) >= 11 is 0. The van der Waals surface area contributed by atoms with Crippen LogP contribution in [0.2, 0.25) is 0 Å². The Kier molecular flexibility index (Phi) is 5.32. The number of aryl methyl sites for hydroxylation is 1. The Bertz CT molecular complexity index is 874. The molecule has 0 bridgehead atoms. The average molecular weight is 372 g/mol. The van der Waals surface area contributed by atoms with Gasteiger partial charge in [-0.1, -0.05) is 31.2 Å². The fraction of sp³-hybridized carbons (Fsp3) is 0.350. The molecular formula is C20H24N2O3S. The van der Waals surface area contributed by atoms with Crippen LogP contribution in [0.1, 0.15) is 34.8 Å². The molecule has 1 aliphatic heterocycles. The largest absolute Gasteiger partial charge is 0.337 e. The SMILES string of the molecule is CCc1ccc(CN(C)C(=O)c2ccc(N3CCCS3(=O)=O)cc2)cc1. The number of carbonyl (C=O) groups is 1. The summed E-state index contributed by atoms with van der Waals surface area (Å²) in [6.07, 6.45) is 1.64. The summed E-state index contributed by atoms with van der Waals surface area (Å²) in [5.41, 5.74) is 3.53. The predicted octanol–water partition coefficient (Wildman–Crippen LogP) is 3.06. The number of nitrogens with zero attached hydrogens (tertiary/aromatic N) is 2. The van der Waals surface area contributed by atoms with Gasteiger partial charge >= 0.3 is 0 Å². The molecule has 0 aromatic heterocycles. The second kappa shape index (κ2) is 7.50. The molecule has 0 saturated carbocycles. The first kappa shape index (κ1) is 18.5. The quantitative estimate of drug-likeness (QED) is 0.810. The van der Waals surface area contributed by atoms with Crippen LogP contribution in [0.3, 0.4) is 0 Å². The van der Waals surface area contributed by atoms with E-state index in [1.54, 1.807) is 36.2 Å². The van der Waals surface area contributed by atoms with Crippen molar-refractivity contribution in [2.24, 2.45) is 0 Å². The molecule has 26 heavy (non-hydrogen) atoms. The van der Waals surface area contributed by atoms with E-state index in [9.17, 15) is 13.2 Å². The highest BCUT2D eigenvalue weighted by Gasteiger charge is 2.28. The maximum atomic E-state index is 12.6.